The Bertz CT molecular complexity index is 812. The molecule has 8 heteroatoms. The predicted molar refractivity (Wildman–Crippen MR) is 124 cm³/mol. The zero-order valence-corrected chi connectivity index (χ0v) is 19.7. The first kappa shape index (κ1) is 23.9. The maximum atomic E-state index is 12.8. The summed E-state index contributed by atoms with van der Waals surface area (Å²) in [6.07, 6.45) is 3.63. The highest BCUT2D eigenvalue weighted by Gasteiger charge is 2.27. The maximum Gasteiger partial charge on any atom is 0.410 e. The van der Waals surface area contributed by atoms with Gasteiger partial charge in [-0.25, -0.2) is 9.59 Å². The number of amides is 4. The minimum absolute atomic E-state index is 0.0494. The molecule has 1 N–H and O–H groups in total. The van der Waals surface area contributed by atoms with Crippen molar-refractivity contribution in [3.63, 3.8) is 0 Å². The van der Waals surface area contributed by atoms with E-state index in [4.69, 9.17) is 4.74 Å². The molecule has 0 bridgehead atoms. The summed E-state index contributed by atoms with van der Waals surface area (Å²) in [5, 5.41) is 2.93. The van der Waals surface area contributed by atoms with Gasteiger partial charge in [0, 0.05) is 51.0 Å². The Kier molecular flexibility index (Phi) is 7.64. The van der Waals surface area contributed by atoms with Gasteiger partial charge in [-0.15, -0.1) is 0 Å². The molecule has 2 heterocycles. The molecule has 8 nitrogen and oxygen atoms in total. The summed E-state index contributed by atoms with van der Waals surface area (Å²) in [4.78, 5) is 42.7. The van der Waals surface area contributed by atoms with Crippen LogP contribution in [-0.4, -0.2) is 78.1 Å². The second kappa shape index (κ2) is 10.2. The first-order valence-electron chi connectivity index (χ1n) is 11.5. The lowest BCUT2D eigenvalue weighted by molar-refractivity contribution is 0.0253. The van der Waals surface area contributed by atoms with Crippen molar-refractivity contribution in [3.8, 4) is 0 Å². The monoisotopic (exact) mass is 444 g/mol. The van der Waals surface area contributed by atoms with Gasteiger partial charge in [0.25, 0.3) is 5.91 Å². The second-order valence-electron chi connectivity index (χ2n) is 9.82. The van der Waals surface area contributed by atoms with Crippen LogP contribution in [0.4, 0.5) is 15.3 Å². The molecule has 0 radical (unpaired) electrons. The van der Waals surface area contributed by atoms with Crippen LogP contribution in [0.15, 0.2) is 24.3 Å². The molecular weight excluding hydrogens is 408 g/mol. The molecule has 2 saturated heterocycles. The molecule has 1 atom stereocenters. The van der Waals surface area contributed by atoms with E-state index in [9.17, 15) is 14.4 Å². The first-order valence-corrected chi connectivity index (χ1v) is 11.5. The third-order valence-corrected chi connectivity index (χ3v) is 5.82. The number of benzene rings is 1. The minimum atomic E-state index is -0.529. The third-order valence-electron chi connectivity index (χ3n) is 5.82. The van der Waals surface area contributed by atoms with Crippen LogP contribution in [-0.2, 0) is 4.74 Å². The molecule has 1 aromatic carbocycles. The van der Waals surface area contributed by atoms with E-state index in [0.717, 1.165) is 38.8 Å². The Morgan fingerprint density at radius 3 is 2.28 bits per heavy atom. The Hall–Kier alpha value is -2.77. The normalized spacial score (nSPS) is 18.9. The Labute approximate surface area is 190 Å². The van der Waals surface area contributed by atoms with Crippen molar-refractivity contribution in [1.29, 1.82) is 0 Å². The van der Waals surface area contributed by atoms with Crippen LogP contribution in [0.25, 0.3) is 0 Å². The van der Waals surface area contributed by atoms with Crippen LogP contribution < -0.4 is 5.32 Å². The number of piperidine rings is 1. The van der Waals surface area contributed by atoms with Crippen molar-refractivity contribution in [2.45, 2.75) is 52.1 Å². The standard InChI is InChI=1S/C24H36N4O4/c1-24(2,3)32-23(31)26(4)16-18-8-7-15-28(17-18)22(30)25-20-11-9-19(10-12-20)21(29)27-13-5-6-14-27/h9-12,18H,5-8,13-17H2,1-4H3,(H,25,30). The zero-order chi connectivity index (χ0) is 23.3. The number of ether oxygens (including phenoxy) is 1. The first-order chi connectivity index (χ1) is 15.1. The molecule has 2 fully saturated rings. The van der Waals surface area contributed by atoms with Crippen LogP contribution in [0, 0.1) is 5.92 Å². The van der Waals surface area contributed by atoms with Gasteiger partial charge in [0.2, 0.25) is 0 Å². The molecule has 2 aliphatic heterocycles. The molecule has 176 valence electrons. The Balaban J connectivity index is 1.50. The summed E-state index contributed by atoms with van der Waals surface area (Å²) in [6.45, 7) is 8.99. The van der Waals surface area contributed by atoms with Crippen molar-refractivity contribution < 1.29 is 19.1 Å². The summed E-state index contributed by atoms with van der Waals surface area (Å²) < 4.78 is 5.42. The fourth-order valence-electron chi connectivity index (χ4n) is 4.20. The molecule has 0 spiro atoms. The van der Waals surface area contributed by atoms with Crippen molar-refractivity contribution in [2.75, 3.05) is 45.1 Å². The van der Waals surface area contributed by atoms with Gasteiger partial charge >= 0.3 is 12.1 Å². The number of urea groups is 1. The van der Waals surface area contributed by atoms with Crippen LogP contribution in [0.5, 0.6) is 0 Å². The van der Waals surface area contributed by atoms with Crippen LogP contribution >= 0.6 is 0 Å². The average molecular weight is 445 g/mol. The highest BCUT2D eigenvalue weighted by atomic mass is 16.6. The number of hydrogen-bond donors (Lipinski definition) is 1. The number of carbonyl (C=O) groups is 3. The van der Waals surface area contributed by atoms with E-state index in [1.54, 1.807) is 41.1 Å². The van der Waals surface area contributed by atoms with Gasteiger partial charge in [0.15, 0.2) is 0 Å². The quantitative estimate of drug-likeness (QED) is 0.760. The zero-order valence-electron chi connectivity index (χ0n) is 19.7. The van der Waals surface area contributed by atoms with Gasteiger partial charge in [-0.05, 0) is 76.6 Å². The van der Waals surface area contributed by atoms with Gasteiger partial charge in [-0.1, -0.05) is 0 Å². The average Bonchev–Trinajstić information content (AvgIpc) is 3.27. The molecule has 0 aromatic heterocycles. The van der Waals surface area contributed by atoms with E-state index < -0.39 is 5.60 Å². The summed E-state index contributed by atoms with van der Waals surface area (Å²) in [5.41, 5.74) is 0.785. The molecule has 1 aromatic rings. The van der Waals surface area contributed by atoms with Gasteiger partial charge in [0.1, 0.15) is 5.60 Å². The van der Waals surface area contributed by atoms with E-state index in [-0.39, 0.29) is 23.9 Å². The fourth-order valence-corrected chi connectivity index (χ4v) is 4.20. The summed E-state index contributed by atoms with van der Waals surface area (Å²) in [7, 11) is 1.73. The lowest BCUT2D eigenvalue weighted by Gasteiger charge is -2.35. The van der Waals surface area contributed by atoms with Crippen molar-refractivity contribution in [1.82, 2.24) is 14.7 Å². The number of likely N-dealkylation sites (tertiary alicyclic amines) is 2. The van der Waals surface area contributed by atoms with Crippen LogP contribution in [0.1, 0.15) is 56.8 Å². The van der Waals surface area contributed by atoms with E-state index in [1.807, 2.05) is 25.7 Å². The second-order valence-corrected chi connectivity index (χ2v) is 9.82. The topological polar surface area (TPSA) is 82.2 Å². The molecule has 3 rings (SSSR count). The third kappa shape index (κ3) is 6.61. The summed E-state index contributed by atoms with van der Waals surface area (Å²) in [6, 6.07) is 6.93. The fraction of sp³-hybridized carbons (Fsp3) is 0.625. The number of rotatable bonds is 4. The largest absolute Gasteiger partial charge is 0.444 e. The maximum absolute atomic E-state index is 12.8. The van der Waals surface area contributed by atoms with Gasteiger partial charge < -0.3 is 24.8 Å². The molecule has 2 aliphatic rings. The lowest BCUT2D eigenvalue weighted by Crippen LogP contribution is -2.46. The van der Waals surface area contributed by atoms with Gasteiger partial charge in [0.05, 0.1) is 0 Å². The highest BCUT2D eigenvalue weighted by molar-refractivity contribution is 5.95. The van der Waals surface area contributed by atoms with E-state index in [2.05, 4.69) is 5.32 Å². The number of anilines is 1. The summed E-state index contributed by atoms with van der Waals surface area (Å²) >= 11 is 0. The number of carbonyl (C=O) groups excluding carboxylic acids is 3. The Morgan fingerprint density at radius 2 is 1.66 bits per heavy atom. The van der Waals surface area contributed by atoms with Gasteiger partial charge in [-0.3, -0.25) is 4.79 Å². The highest BCUT2D eigenvalue weighted by Crippen LogP contribution is 2.20. The Morgan fingerprint density at radius 1 is 1.03 bits per heavy atom. The smallest absolute Gasteiger partial charge is 0.410 e. The van der Waals surface area contributed by atoms with Gasteiger partial charge in [-0.2, -0.15) is 0 Å². The molecule has 4 amide bonds. The molecule has 0 aliphatic carbocycles. The van der Waals surface area contributed by atoms with Crippen molar-refractivity contribution in [2.24, 2.45) is 5.92 Å². The van der Waals surface area contributed by atoms with E-state index >= 15 is 0 Å². The van der Waals surface area contributed by atoms with Crippen molar-refractivity contribution >= 4 is 23.7 Å². The van der Waals surface area contributed by atoms with Crippen LogP contribution in [0.2, 0.25) is 0 Å². The molecule has 1 unspecified atom stereocenters. The SMILES string of the molecule is CN(CC1CCCN(C(=O)Nc2ccc(C(=O)N3CCCC3)cc2)C1)C(=O)OC(C)(C)C. The number of nitrogens with one attached hydrogen (secondary N) is 1. The van der Waals surface area contributed by atoms with E-state index in [0.29, 0.717) is 30.9 Å². The number of hydrogen-bond acceptors (Lipinski definition) is 4. The summed E-state index contributed by atoms with van der Waals surface area (Å²) in [5.74, 6) is 0.251. The molecular formula is C24H36N4O4. The minimum Gasteiger partial charge on any atom is -0.444 e. The number of nitrogens with zero attached hydrogens (tertiary/aromatic N) is 3. The van der Waals surface area contributed by atoms with Crippen LogP contribution in [0.3, 0.4) is 0 Å². The molecule has 0 saturated carbocycles. The van der Waals surface area contributed by atoms with E-state index in [1.165, 1.54) is 0 Å². The predicted octanol–water partition coefficient (Wildman–Crippen LogP) is 4.03. The van der Waals surface area contributed by atoms with Crippen molar-refractivity contribution in [3.05, 3.63) is 29.8 Å². The molecule has 32 heavy (non-hydrogen) atoms. The lowest BCUT2D eigenvalue weighted by atomic mass is 9.98.